The molecule has 0 radical (unpaired) electrons. The molecule has 0 N–H and O–H groups in total. The summed E-state index contributed by atoms with van der Waals surface area (Å²) in [4.78, 5) is 22.8. The Labute approximate surface area is 182 Å². The lowest BCUT2D eigenvalue weighted by atomic mass is 9.83. The van der Waals surface area contributed by atoms with Crippen LogP contribution >= 0.6 is 0 Å². The van der Waals surface area contributed by atoms with Gasteiger partial charge in [0.1, 0.15) is 0 Å². The van der Waals surface area contributed by atoms with E-state index in [0.29, 0.717) is 75.5 Å². The van der Waals surface area contributed by atoms with Gasteiger partial charge >= 0.3 is 0 Å². The molecule has 0 aromatic carbocycles. The van der Waals surface area contributed by atoms with E-state index >= 15 is 0 Å². The minimum absolute atomic E-state index is 0.0549. The molecule has 0 aliphatic heterocycles. The van der Waals surface area contributed by atoms with Gasteiger partial charge in [0.15, 0.2) is 11.6 Å². The first-order chi connectivity index (χ1) is 14.4. The van der Waals surface area contributed by atoms with Gasteiger partial charge in [-0.25, -0.2) is 0 Å². The lowest BCUT2D eigenvalue weighted by Crippen LogP contribution is -2.23. The van der Waals surface area contributed by atoms with Crippen LogP contribution in [0, 0.1) is 11.8 Å². The number of hydrogen-bond donors (Lipinski definition) is 0. The zero-order valence-corrected chi connectivity index (χ0v) is 18.9. The minimum Gasteiger partial charge on any atom is -0.379 e. The zero-order valence-electron chi connectivity index (χ0n) is 18.9. The summed E-state index contributed by atoms with van der Waals surface area (Å²) in [5, 5.41) is 0. The second kappa shape index (κ2) is 16.4. The van der Waals surface area contributed by atoms with Gasteiger partial charge in [0.05, 0.1) is 39.6 Å². The third kappa shape index (κ3) is 13.1. The van der Waals surface area contributed by atoms with Crippen molar-refractivity contribution in [1.29, 1.82) is 0 Å². The number of hydrogen-bond acceptors (Lipinski definition) is 6. The number of carbonyl (C=O) groups excluding carboxylic acids is 2. The number of allylic oxidation sites excluding steroid dienone is 2. The molecule has 172 valence electrons. The van der Waals surface area contributed by atoms with Crippen LogP contribution in [0.25, 0.3) is 0 Å². The molecule has 0 aromatic rings. The van der Waals surface area contributed by atoms with Crippen molar-refractivity contribution in [3.05, 3.63) is 24.3 Å². The fourth-order valence-corrected chi connectivity index (χ4v) is 3.26. The van der Waals surface area contributed by atoms with Gasteiger partial charge in [0, 0.05) is 26.1 Å². The average molecular weight is 425 g/mol. The smallest absolute Gasteiger partial charge is 0.160 e. The second-order valence-corrected chi connectivity index (χ2v) is 8.17. The van der Waals surface area contributed by atoms with E-state index in [0.717, 1.165) is 13.2 Å². The Hall–Kier alpha value is -1.34. The van der Waals surface area contributed by atoms with Crippen molar-refractivity contribution in [3.8, 4) is 0 Å². The third-order valence-corrected chi connectivity index (χ3v) is 5.32. The van der Waals surface area contributed by atoms with Crippen molar-refractivity contribution in [3.63, 3.8) is 0 Å². The summed E-state index contributed by atoms with van der Waals surface area (Å²) in [6.07, 6.45) is 5.45. The van der Waals surface area contributed by atoms with Crippen LogP contribution in [0.1, 0.15) is 52.4 Å². The monoisotopic (exact) mass is 424 g/mol. The predicted molar refractivity (Wildman–Crippen MR) is 118 cm³/mol. The SMILES string of the molecule is C=C(C)C(=O)CCOCCOCC1CCC(COCCOCCC(=O)C(=C)C)CC1. The molecule has 1 fully saturated rings. The normalized spacial score (nSPS) is 18.9. The van der Waals surface area contributed by atoms with Gasteiger partial charge in [0.2, 0.25) is 0 Å². The van der Waals surface area contributed by atoms with Crippen molar-refractivity contribution in [2.75, 3.05) is 52.9 Å². The van der Waals surface area contributed by atoms with E-state index in [1.54, 1.807) is 13.8 Å². The third-order valence-electron chi connectivity index (χ3n) is 5.32. The summed E-state index contributed by atoms with van der Waals surface area (Å²) in [5.74, 6) is 1.33. The predicted octanol–water partition coefficient (Wildman–Crippen LogP) is 3.93. The molecule has 0 unspecified atom stereocenters. The number of rotatable bonds is 18. The molecule has 1 aliphatic rings. The molecule has 0 bridgehead atoms. The summed E-state index contributed by atoms with van der Waals surface area (Å²) in [6.45, 7) is 15.3. The van der Waals surface area contributed by atoms with E-state index in [-0.39, 0.29) is 11.6 Å². The second-order valence-electron chi connectivity index (χ2n) is 8.17. The summed E-state index contributed by atoms with van der Waals surface area (Å²) in [7, 11) is 0. The van der Waals surface area contributed by atoms with Crippen molar-refractivity contribution in [2.45, 2.75) is 52.4 Å². The highest BCUT2D eigenvalue weighted by atomic mass is 16.5. The Morgan fingerprint density at radius 1 is 0.633 bits per heavy atom. The van der Waals surface area contributed by atoms with Gasteiger partial charge in [-0.1, -0.05) is 13.2 Å². The van der Waals surface area contributed by atoms with Gasteiger partial charge in [0.25, 0.3) is 0 Å². The van der Waals surface area contributed by atoms with Crippen molar-refractivity contribution < 1.29 is 28.5 Å². The van der Waals surface area contributed by atoms with E-state index in [1.807, 2.05) is 0 Å². The van der Waals surface area contributed by atoms with Crippen molar-refractivity contribution in [2.24, 2.45) is 11.8 Å². The molecule has 0 atom stereocenters. The lowest BCUT2D eigenvalue weighted by molar-refractivity contribution is -0.117. The molecule has 6 heteroatoms. The molecule has 0 amide bonds. The largest absolute Gasteiger partial charge is 0.379 e. The first-order valence-electron chi connectivity index (χ1n) is 11.1. The van der Waals surface area contributed by atoms with Crippen LogP contribution in [0.3, 0.4) is 0 Å². The first-order valence-corrected chi connectivity index (χ1v) is 11.1. The summed E-state index contributed by atoms with van der Waals surface area (Å²) in [6, 6.07) is 0. The van der Waals surface area contributed by atoms with E-state index in [4.69, 9.17) is 18.9 Å². The molecule has 0 heterocycles. The average Bonchev–Trinajstić information content (AvgIpc) is 2.72. The standard InChI is InChI=1S/C24H40O6/c1-19(2)23(25)9-11-27-13-15-29-17-21-5-7-22(8-6-21)18-30-16-14-28-12-10-24(26)20(3)4/h21-22H,1,3,5-18H2,2,4H3. The van der Waals surface area contributed by atoms with Crippen LogP contribution in [0.4, 0.5) is 0 Å². The Morgan fingerprint density at radius 2 is 0.967 bits per heavy atom. The lowest BCUT2D eigenvalue weighted by Gasteiger charge is -2.28. The Balaban J connectivity index is 1.90. The molecule has 0 spiro atoms. The topological polar surface area (TPSA) is 71.1 Å². The highest BCUT2D eigenvalue weighted by molar-refractivity contribution is 5.94. The van der Waals surface area contributed by atoms with Crippen LogP contribution in [-0.2, 0) is 28.5 Å². The quantitative estimate of drug-likeness (QED) is 0.245. The Bertz CT molecular complexity index is 486. The fourth-order valence-electron chi connectivity index (χ4n) is 3.26. The van der Waals surface area contributed by atoms with Crippen LogP contribution in [0.2, 0.25) is 0 Å². The highest BCUT2D eigenvalue weighted by Gasteiger charge is 2.21. The van der Waals surface area contributed by atoms with Gasteiger partial charge in [-0.3, -0.25) is 9.59 Å². The van der Waals surface area contributed by atoms with Crippen LogP contribution in [0.5, 0.6) is 0 Å². The molecule has 1 saturated carbocycles. The summed E-state index contributed by atoms with van der Waals surface area (Å²) < 4.78 is 22.3. The summed E-state index contributed by atoms with van der Waals surface area (Å²) >= 11 is 0. The Kier molecular flexibility index (Phi) is 14.6. The van der Waals surface area contributed by atoms with E-state index in [1.165, 1.54) is 25.7 Å². The van der Waals surface area contributed by atoms with Crippen LogP contribution < -0.4 is 0 Å². The number of Topliss-reactive ketones (excluding diaryl/α,β-unsaturated/α-hetero) is 2. The van der Waals surface area contributed by atoms with E-state index in [9.17, 15) is 9.59 Å². The van der Waals surface area contributed by atoms with Crippen LogP contribution in [-0.4, -0.2) is 64.4 Å². The maximum atomic E-state index is 11.4. The van der Waals surface area contributed by atoms with E-state index < -0.39 is 0 Å². The summed E-state index contributed by atoms with van der Waals surface area (Å²) in [5.41, 5.74) is 1.16. The number of carbonyl (C=O) groups is 2. The van der Waals surface area contributed by atoms with E-state index in [2.05, 4.69) is 13.2 Å². The Morgan fingerprint density at radius 3 is 1.30 bits per heavy atom. The highest BCUT2D eigenvalue weighted by Crippen LogP contribution is 2.29. The zero-order chi connectivity index (χ0) is 22.2. The molecule has 0 saturated heterocycles. The van der Waals surface area contributed by atoms with Gasteiger partial charge < -0.3 is 18.9 Å². The number of ether oxygens (including phenoxy) is 4. The van der Waals surface area contributed by atoms with Gasteiger partial charge in [-0.15, -0.1) is 0 Å². The van der Waals surface area contributed by atoms with Crippen molar-refractivity contribution in [1.82, 2.24) is 0 Å². The first kappa shape index (κ1) is 26.7. The maximum Gasteiger partial charge on any atom is 0.160 e. The molecule has 0 aromatic heterocycles. The molecule has 6 nitrogen and oxygen atoms in total. The maximum absolute atomic E-state index is 11.4. The number of ketones is 2. The molecular formula is C24H40O6. The molecule has 1 rings (SSSR count). The molecule has 30 heavy (non-hydrogen) atoms. The fraction of sp³-hybridized carbons (Fsp3) is 0.750. The van der Waals surface area contributed by atoms with Gasteiger partial charge in [-0.2, -0.15) is 0 Å². The molecular weight excluding hydrogens is 384 g/mol. The van der Waals surface area contributed by atoms with Crippen LogP contribution in [0.15, 0.2) is 24.3 Å². The van der Waals surface area contributed by atoms with Crippen molar-refractivity contribution >= 4 is 11.6 Å². The minimum atomic E-state index is 0.0549. The molecule has 1 aliphatic carbocycles. The van der Waals surface area contributed by atoms with Gasteiger partial charge in [-0.05, 0) is 62.5 Å².